The number of hydrogen-bond acceptors (Lipinski definition) is 6. The maximum absolute atomic E-state index is 9.29. The summed E-state index contributed by atoms with van der Waals surface area (Å²) in [5.41, 5.74) is 0. The van der Waals surface area contributed by atoms with Gasteiger partial charge in [0.25, 0.3) is 0 Å². The van der Waals surface area contributed by atoms with Gasteiger partial charge in [0.2, 0.25) is 5.79 Å². The van der Waals surface area contributed by atoms with Crippen molar-refractivity contribution < 1.29 is 28.8 Å². The molecule has 0 radical (unpaired) electrons. The molecule has 0 saturated carbocycles. The zero-order valence-electron chi connectivity index (χ0n) is 11.8. The second-order valence-electron chi connectivity index (χ2n) is 6.28. The van der Waals surface area contributed by atoms with Crippen LogP contribution < -0.4 is 0 Å². The van der Waals surface area contributed by atoms with Gasteiger partial charge in [-0.3, -0.25) is 0 Å². The zero-order chi connectivity index (χ0) is 13.9. The third-order valence-corrected chi connectivity index (χ3v) is 3.73. The lowest BCUT2D eigenvalue weighted by Gasteiger charge is -2.40. The molecule has 3 fully saturated rings. The first-order valence-electron chi connectivity index (χ1n) is 6.75. The molecule has 110 valence electrons. The molecule has 3 heterocycles. The number of fused-ring (bicyclic) bond motifs is 3. The molecule has 3 saturated heterocycles. The summed E-state index contributed by atoms with van der Waals surface area (Å²) in [6, 6.07) is 0. The van der Waals surface area contributed by atoms with Gasteiger partial charge in [-0.05, 0) is 27.7 Å². The van der Waals surface area contributed by atoms with Crippen LogP contribution in [-0.4, -0.2) is 54.0 Å². The Kier molecular flexibility index (Phi) is 2.98. The molecular weight excluding hydrogens is 252 g/mol. The van der Waals surface area contributed by atoms with Gasteiger partial charge < -0.3 is 28.8 Å². The summed E-state index contributed by atoms with van der Waals surface area (Å²) >= 11 is 0. The average Bonchev–Trinajstić information content (AvgIpc) is 2.71. The molecule has 0 aromatic heterocycles. The first-order chi connectivity index (χ1) is 8.77. The molecule has 0 aromatic rings. The smallest absolute Gasteiger partial charge is 0.202 e. The highest BCUT2D eigenvalue weighted by Crippen LogP contribution is 2.48. The maximum atomic E-state index is 9.29. The molecule has 0 aliphatic carbocycles. The summed E-state index contributed by atoms with van der Waals surface area (Å²) < 4.78 is 29.5. The van der Waals surface area contributed by atoms with Crippen LogP contribution in [0.2, 0.25) is 0 Å². The summed E-state index contributed by atoms with van der Waals surface area (Å²) in [7, 11) is 0. The summed E-state index contributed by atoms with van der Waals surface area (Å²) in [5, 5.41) is 9.29. The summed E-state index contributed by atoms with van der Waals surface area (Å²) in [4.78, 5) is 0. The lowest BCUT2D eigenvalue weighted by molar-refractivity contribution is -0.286. The Labute approximate surface area is 112 Å². The van der Waals surface area contributed by atoms with Crippen molar-refractivity contribution in [3.05, 3.63) is 0 Å². The Morgan fingerprint density at radius 2 is 1.79 bits per heavy atom. The highest BCUT2D eigenvalue weighted by molar-refractivity contribution is 5.03. The monoisotopic (exact) mass is 274 g/mol. The quantitative estimate of drug-likeness (QED) is 0.802. The molecule has 0 aromatic carbocycles. The SMILES string of the molecule is CC1(C)O[C@@H]2[C@@H](CO[C@@]3(CCO)OC(C)(C)O[C@@H]23)O1. The molecule has 1 N–H and O–H groups in total. The molecule has 0 amide bonds. The van der Waals surface area contributed by atoms with E-state index in [0.717, 1.165) is 0 Å². The molecule has 6 heteroatoms. The standard InChI is InChI=1S/C13H22O6/c1-11(2)16-8-7-15-13(5-6-14)10(9(8)17-11)18-12(3,4)19-13/h8-10,14H,5-7H2,1-4H3/t8-,9-,10+,13+/m1/s1. The van der Waals surface area contributed by atoms with Crippen molar-refractivity contribution in [3.8, 4) is 0 Å². The predicted molar refractivity (Wildman–Crippen MR) is 64.2 cm³/mol. The fraction of sp³-hybridized carbons (Fsp3) is 1.00. The van der Waals surface area contributed by atoms with Gasteiger partial charge in [-0.15, -0.1) is 0 Å². The number of ether oxygens (including phenoxy) is 5. The second kappa shape index (κ2) is 4.13. The highest BCUT2D eigenvalue weighted by Gasteiger charge is 2.64. The van der Waals surface area contributed by atoms with Crippen LogP contribution >= 0.6 is 0 Å². The summed E-state index contributed by atoms with van der Waals surface area (Å²) in [6.07, 6.45) is -0.440. The third kappa shape index (κ3) is 2.20. The molecule has 3 rings (SSSR count). The van der Waals surface area contributed by atoms with Crippen LogP contribution in [0.4, 0.5) is 0 Å². The van der Waals surface area contributed by atoms with E-state index in [2.05, 4.69) is 0 Å². The van der Waals surface area contributed by atoms with Crippen LogP contribution in [0.5, 0.6) is 0 Å². The van der Waals surface area contributed by atoms with Gasteiger partial charge >= 0.3 is 0 Å². The maximum Gasteiger partial charge on any atom is 0.202 e. The van der Waals surface area contributed by atoms with Gasteiger partial charge in [0.15, 0.2) is 11.6 Å². The topological polar surface area (TPSA) is 66.4 Å². The number of rotatable bonds is 2. The molecular formula is C13H22O6. The molecule has 3 aliphatic rings. The normalized spacial score (nSPS) is 46.9. The molecule has 19 heavy (non-hydrogen) atoms. The van der Waals surface area contributed by atoms with Crippen molar-refractivity contribution >= 4 is 0 Å². The molecule has 0 bridgehead atoms. The van der Waals surface area contributed by atoms with Crippen LogP contribution in [0.1, 0.15) is 34.1 Å². The Balaban J connectivity index is 1.89. The van der Waals surface area contributed by atoms with Crippen molar-refractivity contribution in [2.75, 3.05) is 13.2 Å². The van der Waals surface area contributed by atoms with Gasteiger partial charge in [-0.2, -0.15) is 0 Å². The lowest BCUT2D eigenvalue weighted by atomic mass is 9.95. The van der Waals surface area contributed by atoms with E-state index in [9.17, 15) is 5.11 Å². The summed E-state index contributed by atoms with van der Waals surface area (Å²) in [6.45, 7) is 7.77. The zero-order valence-corrected chi connectivity index (χ0v) is 11.8. The molecule has 0 spiro atoms. The van der Waals surface area contributed by atoms with Crippen molar-refractivity contribution in [3.63, 3.8) is 0 Å². The minimum Gasteiger partial charge on any atom is -0.396 e. The fourth-order valence-corrected chi connectivity index (χ4v) is 3.22. The van der Waals surface area contributed by atoms with E-state index in [-0.39, 0.29) is 18.8 Å². The molecule has 0 unspecified atom stereocenters. The van der Waals surface area contributed by atoms with Gasteiger partial charge in [-0.1, -0.05) is 0 Å². The number of aliphatic hydroxyl groups is 1. The van der Waals surface area contributed by atoms with E-state index < -0.39 is 23.5 Å². The Bertz CT molecular complexity index is 368. The van der Waals surface area contributed by atoms with E-state index in [1.54, 1.807) is 0 Å². The lowest BCUT2D eigenvalue weighted by Crippen LogP contribution is -2.58. The van der Waals surface area contributed by atoms with Crippen LogP contribution in [0.15, 0.2) is 0 Å². The van der Waals surface area contributed by atoms with E-state index in [0.29, 0.717) is 13.0 Å². The molecule has 3 aliphatic heterocycles. The highest BCUT2D eigenvalue weighted by atomic mass is 16.9. The van der Waals surface area contributed by atoms with Crippen molar-refractivity contribution in [2.24, 2.45) is 0 Å². The minimum absolute atomic E-state index is 0.0302. The molecule has 6 nitrogen and oxygen atoms in total. The van der Waals surface area contributed by atoms with Gasteiger partial charge in [0.1, 0.15) is 18.3 Å². The first-order valence-corrected chi connectivity index (χ1v) is 6.75. The minimum atomic E-state index is -0.941. The number of hydrogen-bond donors (Lipinski definition) is 1. The van der Waals surface area contributed by atoms with Crippen molar-refractivity contribution in [1.82, 2.24) is 0 Å². The van der Waals surface area contributed by atoms with E-state index in [4.69, 9.17) is 23.7 Å². The fourth-order valence-electron chi connectivity index (χ4n) is 3.22. The van der Waals surface area contributed by atoms with Crippen molar-refractivity contribution in [1.29, 1.82) is 0 Å². The largest absolute Gasteiger partial charge is 0.396 e. The van der Waals surface area contributed by atoms with Crippen LogP contribution in [0.25, 0.3) is 0 Å². The van der Waals surface area contributed by atoms with E-state index in [1.165, 1.54) is 0 Å². The third-order valence-electron chi connectivity index (χ3n) is 3.73. The Hall–Kier alpha value is -0.240. The van der Waals surface area contributed by atoms with Crippen LogP contribution in [-0.2, 0) is 23.7 Å². The van der Waals surface area contributed by atoms with Crippen LogP contribution in [0, 0.1) is 0 Å². The number of aliphatic hydroxyl groups excluding tert-OH is 1. The first kappa shape index (κ1) is 13.7. The van der Waals surface area contributed by atoms with Gasteiger partial charge in [-0.25, -0.2) is 0 Å². The average molecular weight is 274 g/mol. The van der Waals surface area contributed by atoms with Crippen molar-refractivity contribution in [2.45, 2.75) is 69.8 Å². The summed E-state index contributed by atoms with van der Waals surface area (Å²) in [5.74, 6) is -2.35. The van der Waals surface area contributed by atoms with Crippen LogP contribution in [0.3, 0.4) is 0 Å². The molecule has 4 atom stereocenters. The predicted octanol–water partition coefficient (Wildman–Crippen LogP) is 0.767. The van der Waals surface area contributed by atoms with Gasteiger partial charge in [0.05, 0.1) is 6.61 Å². The van der Waals surface area contributed by atoms with Gasteiger partial charge in [0, 0.05) is 13.0 Å². The van der Waals surface area contributed by atoms with E-state index in [1.807, 2.05) is 27.7 Å². The van der Waals surface area contributed by atoms with E-state index >= 15 is 0 Å². The Morgan fingerprint density at radius 1 is 1.05 bits per heavy atom. The Morgan fingerprint density at radius 3 is 2.47 bits per heavy atom. The second-order valence-corrected chi connectivity index (χ2v) is 6.28.